The molecule has 190 valence electrons. The lowest BCUT2D eigenvalue weighted by Crippen LogP contribution is -2.45. The molecular weight excluding hydrogens is 451 g/mol. The summed E-state index contributed by atoms with van der Waals surface area (Å²) in [5.41, 5.74) is 3.83. The van der Waals surface area contributed by atoms with Gasteiger partial charge in [-0.15, -0.1) is 0 Å². The average Bonchev–Trinajstić information content (AvgIpc) is 3.19. The van der Waals surface area contributed by atoms with Crippen LogP contribution in [0.2, 0.25) is 0 Å². The smallest absolute Gasteiger partial charge is 0.321 e. The van der Waals surface area contributed by atoms with Crippen molar-refractivity contribution in [1.82, 2.24) is 5.32 Å². The van der Waals surface area contributed by atoms with Crippen LogP contribution in [-0.2, 0) is 0 Å². The number of rotatable bonds is 8. The number of anilines is 1. The van der Waals surface area contributed by atoms with Crippen LogP contribution < -0.4 is 10.2 Å². The summed E-state index contributed by atoms with van der Waals surface area (Å²) < 4.78 is 13.3. The molecule has 2 aromatic rings. The van der Waals surface area contributed by atoms with Crippen LogP contribution in [0.1, 0.15) is 52.4 Å². The Hall–Kier alpha value is -3.28. The topological polar surface area (TPSA) is 68.5 Å². The molecule has 36 heavy (non-hydrogen) atoms. The first-order valence-electron chi connectivity index (χ1n) is 13.0. The van der Waals surface area contributed by atoms with Gasteiger partial charge in [-0.3, -0.25) is 9.89 Å². The molecule has 2 N–H and O–H groups in total. The van der Waals surface area contributed by atoms with E-state index in [0.717, 1.165) is 49.9 Å². The molecule has 0 spiro atoms. The number of para-hydroxylation sites is 1. The number of allylic oxidation sites excluding steroid dienone is 2. The van der Waals surface area contributed by atoms with Crippen LogP contribution in [0, 0.1) is 28.5 Å². The minimum Gasteiger partial charge on any atom is -0.335 e. The van der Waals surface area contributed by atoms with Crippen LogP contribution in [0.4, 0.5) is 20.6 Å². The van der Waals surface area contributed by atoms with Gasteiger partial charge in [0, 0.05) is 36.6 Å². The van der Waals surface area contributed by atoms with Gasteiger partial charge in [0.05, 0.1) is 5.69 Å². The third-order valence-electron chi connectivity index (χ3n) is 8.01. The Morgan fingerprint density at radius 3 is 2.64 bits per heavy atom. The third kappa shape index (κ3) is 5.58. The average molecular weight is 489 g/mol. The van der Waals surface area contributed by atoms with Crippen molar-refractivity contribution < 1.29 is 9.18 Å². The second kappa shape index (κ2) is 11.2. The molecule has 0 saturated heterocycles. The number of urea groups is 1. The summed E-state index contributed by atoms with van der Waals surface area (Å²) in [5, 5.41) is 11.4. The summed E-state index contributed by atoms with van der Waals surface area (Å²) in [4.78, 5) is 19.5. The Bertz CT molecular complexity index is 1130. The highest BCUT2D eigenvalue weighted by molar-refractivity contribution is 6.08. The van der Waals surface area contributed by atoms with Gasteiger partial charge in [-0.2, -0.15) is 0 Å². The lowest BCUT2D eigenvalue weighted by atomic mass is 9.65. The Labute approximate surface area is 214 Å². The Morgan fingerprint density at radius 2 is 1.97 bits per heavy atom. The van der Waals surface area contributed by atoms with Gasteiger partial charge < -0.3 is 10.7 Å². The second-order valence-electron chi connectivity index (χ2n) is 10.4. The number of benzene rings is 2. The molecule has 4 unspecified atom stereocenters. The molecule has 1 fully saturated rings. The lowest BCUT2D eigenvalue weighted by molar-refractivity contribution is 0.203. The summed E-state index contributed by atoms with van der Waals surface area (Å²) in [6.45, 7) is 4.48. The van der Waals surface area contributed by atoms with Crippen LogP contribution in [0.15, 0.2) is 71.2 Å². The van der Waals surface area contributed by atoms with E-state index >= 15 is 0 Å². The highest BCUT2D eigenvalue weighted by atomic mass is 19.1. The number of carbonyl (C=O) groups excluding carboxylic acids is 1. The van der Waals surface area contributed by atoms with Crippen molar-refractivity contribution in [1.29, 1.82) is 5.41 Å². The molecule has 0 aliphatic heterocycles. The van der Waals surface area contributed by atoms with Gasteiger partial charge in [0.25, 0.3) is 0 Å². The fraction of sp³-hybridized carbons (Fsp3) is 0.433. The molecule has 5 nitrogen and oxygen atoms in total. The fourth-order valence-electron chi connectivity index (χ4n) is 5.86. The van der Waals surface area contributed by atoms with E-state index < -0.39 is 0 Å². The van der Waals surface area contributed by atoms with E-state index in [1.54, 1.807) is 17.0 Å². The molecule has 0 heterocycles. The molecule has 2 aromatic carbocycles. The van der Waals surface area contributed by atoms with E-state index in [2.05, 4.69) is 25.2 Å². The van der Waals surface area contributed by atoms with E-state index in [4.69, 9.17) is 10.4 Å². The van der Waals surface area contributed by atoms with Crippen molar-refractivity contribution >= 4 is 29.3 Å². The van der Waals surface area contributed by atoms with E-state index in [-0.39, 0.29) is 29.2 Å². The van der Waals surface area contributed by atoms with Crippen LogP contribution in [0.3, 0.4) is 0 Å². The van der Waals surface area contributed by atoms with Gasteiger partial charge in [0.2, 0.25) is 0 Å². The summed E-state index contributed by atoms with van der Waals surface area (Å²) in [6, 6.07) is 15.9. The Morgan fingerprint density at radius 1 is 1.25 bits per heavy atom. The first kappa shape index (κ1) is 25.8. The van der Waals surface area contributed by atoms with Crippen molar-refractivity contribution in [3.63, 3.8) is 0 Å². The SMILES string of the molecule is CCCC(CC1CCC2=CC(=Nc3ccc(F)cc3)C(C=N)CC21C)NC(=O)N(C)c1ccccc1. The van der Waals surface area contributed by atoms with Gasteiger partial charge in [-0.1, -0.05) is 44.0 Å². The minimum atomic E-state index is -0.278. The van der Waals surface area contributed by atoms with Gasteiger partial charge in [-0.25, -0.2) is 9.18 Å². The van der Waals surface area contributed by atoms with Crippen LogP contribution in [-0.4, -0.2) is 31.0 Å². The molecule has 0 radical (unpaired) electrons. The molecular formula is C30H37FN4O. The maximum absolute atomic E-state index is 13.3. The summed E-state index contributed by atoms with van der Waals surface area (Å²) in [7, 11) is 1.81. The summed E-state index contributed by atoms with van der Waals surface area (Å²) in [5.74, 6) is 0.0738. The number of nitrogens with one attached hydrogen (secondary N) is 2. The van der Waals surface area contributed by atoms with Crippen molar-refractivity contribution in [3.05, 3.63) is 72.1 Å². The monoisotopic (exact) mass is 488 g/mol. The zero-order valence-electron chi connectivity index (χ0n) is 21.5. The van der Waals surface area contributed by atoms with Crippen molar-refractivity contribution in [2.45, 2.75) is 58.4 Å². The quantitative estimate of drug-likeness (QED) is 0.376. The summed E-state index contributed by atoms with van der Waals surface area (Å²) >= 11 is 0. The van der Waals surface area contributed by atoms with Crippen LogP contribution in [0.25, 0.3) is 0 Å². The largest absolute Gasteiger partial charge is 0.335 e. The predicted molar refractivity (Wildman–Crippen MR) is 146 cm³/mol. The highest BCUT2D eigenvalue weighted by Crippen LogP contribution is 2.55. The first-order valence-corrected chi connectivity index (χ1v) is 13.0. The van der Waals surface area contributed by atoms with Crippen molar-refractivity contribution in [3.8, 4) is 0 Å². The van der Waals surface area contributed by atoms with E-state index in [9.17, 15) is 9.18 Å². The van der Waals surface area contributed by atoms with E-state index in [0.29, 0.717) is 11.6 Å². The van der Waals surface area contributed by atoms with Crippen molar-refractivity contribution in [2.24, 2.45) is 22.2 Å². The molecule has 1 saturated carbocycles. The maximum Gasteiger partial charge on any atom is 0.321 e. The van der Waals surface area contributed by atoms with Gasteiger partial charge in [0.1, 0.15) is 5.82 Å². The number of amides is 2. The predicted octanol–water partition coefficient (Wildman–Crippen LogP) is 7.32. The van der Waals surface area contributed by atoms with Gasteiger partial charge >= 0.3 is 6.03 Å². The third-order valence-corrected chi connectivity index (χ3v) is 8.01. The highest BCUT2D eigenvalue weighted by Gasteiger charge is 2.47. The number of aliphatic imine (C=N–C) groups is 1. The zero-order valence-corrected chi connectivity index (χ0v) is 21.5. The van der Waals surface area contributed by atoms with Gasteiger partial charge in [0.15, 0.2) is 0 Å². The molecule has 6 heteroatoms. The molecule has 2 amide bonds. The standard InChI is InChI=1S/C30H37FN4O/c1-4-8-26(34-29(36)35(3)27-9-6-5-7-10-27)17-22-11-12-23-18-28(21(20-32)19-30(22,23)2)33-25-15-13-24(31)14-16-25/h5-7,9-10,13-16,18,20-22,26,32H,4,8,11-12,17,19H2,1-3H3,(H,34,36). The number of carbonyl (C=O) groups is 1. The number of halogens is 1. The Kier molecular flexibility index (Phi) is 8.02. The van der Waals surface area contributed by atoms with Crippen molar-refractivity contribution in [2.75, 3.05) is 11.9 Å². The van der Waals surface area contributed by atoms with Gasteiger partial charge in [-0.05, 0) is 85.9 Å². The number of fused-ring (bicyclic) bond motifs is 1. The molecule has 4 atom stereocenters. The normalized spacial score (nSPS) is 25.1. The molecule has 4 rings (SSSR count). The summed E-state index contributed by atoms with van der Waals surface area (Å²) in [6.07, 6.45) is 9.45. The zero-order chi connectivity index (χ0) is 25.7. The number of hydrogen-bond acceptors (Lipinski definition) is 3. The Balaban J connectivity index is 1.50. The maximum atomic E-state index is 13.3. The number of hydrogen-bond donors (Lipinski definition) is 2. The molecule has 2 aliphatic carbocycles. The van der Waals surface area contributed by atoms with E-state index in [1.165, 1.54) is 23.9 Å². The van der Waals surface area contributed by atoms with Crippen LogP contribution in [0.5, 0.6) is 0 Å². The lowest BCUT2D eigenvalue weighted by Gasteiger charge is -2.40. The molecule has 0 bridgehead atoms. The van der Waals surface area contributed by atoms with Crippen LogP contribution >= 0.6 is 0 Å². The number of nitrogens with zero attached hydrogens (tertiary/aromatic N) is 2. The second-order valence-corrected chi connectivity index (χ2v) is 10.4. The fourth-order valence-corrected chi connectivity index (χ4v) is 5.86. The van der Waals surface area contributed by atoms with E-state index in [1.807, 2.05) is 37.4 Å². The molecule has 2 aliphatic rings. The minimum absolute atomic E-state index is 0.0217. The first-order chi connectivity index (χ1) is 17.3. The molecule has 0 aromatic heterocycles.